The summed E-state index contributed by atoms with van der Waals surface area (Å²) in [5, 5.41) is 13.4. The van der Waals surface area contributed by atoms with Crippen molar-refractivity contribution >= 4 is 16.9 Å². The average Bonchev–Trinajstić information content (AvgIpc) is 3.08. The minimum absolute atomic E-state index is 0.198. The highest BCUT2D eigenvalue weighted by atomic mass is 16.5. The second-order valence-corrected chi connectivity index (χ2v) is 8.77. The predicted octanol–water partition coefficient (Wildman–Crippen LogP) is 3.46. The molecular weight excluding hydrogens is 342 g/mol. The summed E-state index contributed by atoms with van der Waals surface area (Å²) < 4.78 is 11.0. The fourth-order valence-corrected chi connectivity index (χ4v) is 4.79. The summed E-state index contributed by atoms with van der Waals surface area (Å²) in [7, 11) is 1.55. The minimum Gasteiger partial charge on any atom is -0.461 e. The minimum atomic E-state index is -0.829. The second-order valence-electron chi connectivity index (χ2n) is 8.77. The van der Waals surface area contributed by atoms with E-state index in [2.05, 4.69) is 17.4 Å². The van der Waals surface area contributed by atoms with Crippen LogP contribution in [0.4, 0.5) is 0 Å². The zero-order chi connectivity index (χ0) is 19.2. The van der Waals surface area contributed by atoms with Gasteiger partial charge in [-0.1, -0.05) is 6.07 Å². The van der Waals surface area contributed by atoms with Gasteiger partial charge in [0.25, 0.3) is 5.91 Å². The van der Waals surface area contributed by atoms with Crippen molar-refractivity contribution in [3.05, 3.63) is 35.1 Å². The molecule has 4 atom stereocenters. The molecule has 5 heteroatoms. The van der Waals surface area contributed by atoms with Crippen LogP contribution in [0.1, 0.15) is 47.9 Å². The maximum absolute atomic E-state index is 13.0. The Bertz CT molecular complexity index is 847. The van der Waals surface area contributed by atoms with Crippen molar-refractivity contribution in [2.45, 2.75) is 45.1 Å². The Kier molecular flexibility index (Phi) is 4.77. The number of rotatable bonds is 7. The van der Waals surface area contributed by atoms with E-state index < -0.39 is 5.54 Å². The van der Waals surface area contributed by atoms with Crippen molar-refractivity contribution < 1.29 is 19.1 Å². The van der Waals surface area contributed by atoms with Crippen LogP contribution in [0.15, 0.2) is 22.6 Å². The molecular formula is C22H29NO4. The molecule has 4 rings (SSSR count). The van der Waals surface area contributed by atoms with Crippen LogP contribution >= 0.6 is 0 Å². The van der Waals surface area contributed by atoms with Gasteiger partial charge in [-0.15, -0.1) is 0 Å². The van der Waals surface area contributed by atoms with Gasteiger partial charge in [0, 0.05) is 12.5 Å². The van der Waals surface area contributed by atoms with Gasteiger partial charge >= 0.3 is 0 Å². The molecule has 2 saturated carbocycles. The van der Waals surface area contributed by atoms with Crippen molar-refractivity contribution in [1.29, 1.82) is 0 Å². The Hall–Kier alpha value is -1.85. The average molecular weight is 371 g/mol. The highest BCUT2D eigenvalue weighted by molar-refractivity contribution is 6.07. The van der Waals surface area contributed by atoms with Gasteiger partial charge in [0.1, 0.15) is 11.3 Å². The number of furan rings is 1. The maximum atomic E-state index is 13.0. The Labute approximate surface area is 160 Å². The van der Waals surface area contributed by atoms with E-state index in [-0.39, 0.29) is 19.1 Å². The van der Waals surface area contributed by atoms with E-state index >= 15 is 0 Å². The molecule has 2 aliphatic rings. The monoisotopic (exact) mass is 371 g/mol. The van der Waals surface area contributed by atoms with Crippen molar-refractivity contribution in [2.75, 3.05) is 20.3 Å². The number of amides is 1. The fraction of sp³-hybridized carbons (Fsp3) is 0.591. The molecule has 5 nitrogen and oxygen atoms in total. The third-order valence-corrected chi connectivity index (χ3v) is 6.25. The molecule has 2 fully saturated rings. The highest BCUT2D eigenvalue weighted by Gasteiger charge is 2.45. The van der Waals surface area contributed by atoms with Crippen LogP contribution < -0.4 is 5.32 Å². The molecule has 1 aromatic carbocycles. The lowest BCUT2D eigenvalue weighted by molar-refractivity contribution is 0.0597. The Balaban J connectivity index is 1.58. The second kappa shape index (κ2) is 6.95. The Morgan fingerprint density at radius 3 is 2.74 bits per heavy atom. The van der Waals surface area contributed by atoms with E-state index in [1.165, 1.54) is 24.8 Å². The smallest absolute Gasteiger partial charge is 0.256 e. The highest BCUT2D eigenvalue weighted by Crippen LogP contribution is 2.55. The Morgan fingerprint density at radius 2 is 2.07 bits per heavy atom. The van der Waals surface area contributed by atoms with Crippen LogP contribution in [-0.4, -0.2) is 36.9 Å². The Morgan fingerprint density at radius 1 is 1.33 bits per heavy atom. The summed E-state index contributed by atoms with van der Waals surface area (Å²) in [4.78, 5) is 13.0. The number of methoxy groups -OCH3 is 1. The van der Waals surface area contributed by atoms with Crippen LogP contribution in [0.3, 0.4) is 0 Å². The number of aryl methyl sites for hydroxylation is 1. The van der Waals surface area contributed by atoms with Crippen molar-refractivity contribution in [2.24, 2.45) is 17.8 Å². The molecule has 0 radical (unpaired) electrons. The number of benzene rings is 1. The SMILES string of the molecule is COCC(C)(CO)NC(=O)c1c(C)oc2ccc(CC3C[C@@H]4C[C@@H]4C3)cc12. The molecule has 2 N–H and O–H groups in total. The zero-order valence-electron chi connectivity index (χ0n) is 16.4. The molecule has 2 aliphatic carbocycles. The molecule has 1 heterocycles. The first kappa shape index (κ1) is 18.5. The number of carbonyl (C=O) groups excluding carboxylic acids is 1. The molecule has 1 amide bonds. The quantitative estimate of drug-likeness (QED) is 0.782. The normalized spacial score (nSPS) is 26.0. The van der Waals surface area contributed by atoms with Gasteiger partial charge in [-0.05, 0) is 75.0 Å². The third-order valence-electron chi connectivity index (χ3n) is 6.25. The number of aliphatic hydroxyl groups is 1. The molecule has 1 aromatic heterocycles. The van der Waals surface area contributed by atoms with E-state index in [9.17, 15) is 9.90 Å². The lowest BCUT2D eigenvalue weighted by Crippen LogP contribution is -2.52. The van der Waals surface area contributed by atoms with Gasteiger partial charge < -0.3 is 19.6 Å². The number of carbonyl (C=O) groups is 1. The lowest BCUT2D eigenvalue weighted by atomic mass is 9.93. The predicted molar refractivity (Wildman–Crippen MR) is 104 cm³/mol. The molecule has 0 saturated heterocycles. The fourth-order valence-electron chi connectivity index (χ4n) is 4.79. The molecule has 0 spiro atoms. The summed E-state index contributed by atoms with van der Waals surface area (Å²) >= 11 is 0. The van der Waals surface area contributed by atoms with Crippen LogP contribution in [-0.2, 0) is 11.2 Å². The standard InChI is InChI=1S/C22H29NO4/c1-13-20(21(25)23-22(2,11-24)12-26-3)18-9-14(4-5-19(18)27-13)6-15-7-16-10-17(16)8-15/h4-5,9,15-17,24H,6-8,10-12H2,1-3H3,(H,23,25)/t15?,16-,17+,22?. The number of hydrogen-bond acceptors (Lipinski definition) is 4. The number of ether oxygens (including phenoxy) is 1. The van der Waals surface area contributed by atoms with Crippen molar-refractivity contribution in [1.82, 2.24) is 5.32 Å². The molecule has 0 aliphatic heterocycles. The van der Waals surface area contributed by atoms with Crippen molar-refractivity contribution in [3.8, 4) is 0 Å². The molecule has 0 bridgehead atoms. The summed E-state index contributed by atoms with van der Waals surface area (Å²) in [5.41, 5.74) is 1.72. The van der Waals surface area contributed by atoms with E-state index in [1.807, 2.05) is 13.0 Å². The molecule has 2 aromatic rings. The molecule has 27 heavy (non-hydrogen) atoms. The third kappa shape index (κ3) is 3.63. The van der Waals surface area contributed by atoms with Gasteiger partial charge in [0.05, 0.1) is 24.3 Å². The van der Waals surface area contributed by atoms with Crippen LogP contribution in [0, 0.1) is 24.7 Å². The molecule has 146 valence electrons. The van der Waals surface area contributed by atoms with Crippen molar-refractivity contribution in [3.63, 3.8) is 0 Å². The van der Waals surface area contributed by atoms with Gasteiger partial charge in [-0.3, -0.25) is 4.79 Å². The van der Waals surface area contributed by atoms with Crippen LogP contribution in [0.2, 0.25) is 0 Å². The van der Waals surface area contributed by atoms with Gasteiger partial charge in [-0.2, -0.15) is 0 Å². The summed E-state index contributed by atoms with van der Waals surface area (Å²) in [5.74, 6) is 3.09. The lowest BCUT2D eigenvalue weighted by Gasteiger charge is -2.27. The zero-order valence-corrected chi connectivity index (χ0v) is 16.4. The summed E-state index contributed by atoms with van der Waals surface area (Å²) in [6.45, 7) is 3.62. The van der Waals surface area contributed by atoms with E-state index in [0.29, 0.717) is 11.3 Å². The van der Waals surface area contributed by atoms with Gasteiger partial charge in [-0.25, -0.2) is 0 Å². The van der Waals surface area contributed by atoms with Crippen LogP contribution in [0.25, 0.3) is 11.0 Å². The maximum Gasteiger partial charge on any atom is 0.256 e. The summed E-state index contributed by atoms with van der Waals surface area (Å²) in [6, 6.07) is 6.21. The van der Waals surface area contributed by atoms with Crippen LogP contribution in [0.5, 0.6) is 0 Å². The first-order chi connectivity index (χ1) is 12.9. The summed E-state index contributed by atoms with van der Waals surface area (Å²) in [6.07, 6.45) is 5.22. The number of nitrogens with one attached hydrogen (secondary N) is 1. The van der Waals surface area contributed by atoms with Gasteiger partial charge in [0.15, 0.2) is 0 Å². The van der Waals surface area contributed by atoms with E-state index in [4.69, 9.17) is 9.15 Å². The first-order valence-corrected chi connectivity index (χ1v) is 9.87. The number of fused-ring (bicyclic) bond motifs is 2. The molecule has 2 unspecified atom stereocenters. The van der Waals surface area contributed by atoms with Gasteiger partial charge in [0.2, 0.25) is 0 Å². The first-order valence-electron chi connectivity index (χ1n) is 9.87. The number of hydrogen-bond donors (Lipinski definition) is 2. The van der Waals surface area contributed by atoms with E-state index in [1.54, 1.807) is 14.0 Å². The topological polar surface area (TPSA) is 71.7 Å². The van der Waals surface area contributed by atoms with E-state index in [0.717, 1.165) is 35.1 Å². The number of aliphatic hydroxyl groups excluding tert-OH is 1. The largest absolute Gasteiger partial charge is 0.461 e.